The van der Waals surface area contributed by atoms with Gasteiger partial charge in [0.25, 0.3) is 17.6 Å². The first kappa shape index (κ1) is 48.7. The smallest absolute Gasteiger partial charge is 0.361 e. The molecule has 12 aromatic rings. The molecule has 0 amide bonds. The van der Waals surface area contributed by atoms with E-state index in [2.05, 4.69) is 0 Å². The normalized spacial score (nSPS) is 11.9. The number of benzene rings is 9. The first-order valence-corrected chi connectivity index (χ1v) is 26.8. The summed E-state index contributed by atoms with van der Waals surface area (Å²) in [5, 5.41) is 5.41. The topological polar surface area (TPSA) is 149 Å². The Bertz CT molecular complexity index is 4170. The highest BCUT2D eigenvalue weighted by Crippen LogP contribution is 2.48. The van der Waals surface area contributed by atoms with E-state index in [-0.39, 0.29) is 19.6 Å². The maximum absolute atomic E-state index is 16.3. The van der Waals surface area contributed by atoms with Crippen molar-refractivity contribution in [1.29, 1.82) is 0 Å². The van der Waals surface area contributed by atoms with Crippen LogP contribution >= 0.6 is 7.82 Å². The Balaban J connectivity index is 1.11. The standard InChI is InChI=1S/C63H51N6O7P/c1-37-19-16-28-46-31-49-55(40(4)52(37)46)67(34-43-22-10-7-11-23-43)61(70)58(64-49)74-77(73,75-59-62(71)68(35-44-24-12-8-13-25-44)56-41(5)53-38(2)20-17-29-47(53)32-50(56)65-59)76-60-63(72)69(36-45-26-14-9-15-27-45)57-42(6)54-39(3)21-18-30-48(54)33-51(57)66-60/h7-33H,34-36H2,1-6H3. The van der Waals surface area contributed by atoms with Crippen LogP contribution in [0.3, 0.4) is 0 Å². The average Bonchev–Trinajstić information content (AvgIpc) is 3.47. The molecule has 0 aliphatic rings. The molecule has 0 radical (unpaired) electrons. The van der Waals surface area contributed by atoms with Gasteiger partial charge in [-0.3, -0.25) is 28.1 Å². The van der Waals surface area contributed by atoms with Crippen molar-refractivity contribution >= 4 is 73.2 Å². The minimum atomic E-state index is -5.54. The zero-order chi connectivity index (χ0) is 53.3. The molecule has 0 saturated carbocycles. The van der Waals surface area contributed by atoms with Gasteiger partial charge < -0.3 is 13.6 Å². The summed E-state index contributed by atoms with van der Waals surface area (Å²) in [5.41, 5.74) is 8.08. The fourth-order valence-corrected chi connectivity index (χ4v) is 12.4. The molecule has 14 heteroatoms. The third-order valence-electron chi connectivity index (χ3n) is 14.6. The number of phosphoric ester groups is 1. The molecule has 0 fully saturated rings. The summed E-state index contributed by atoms with van der Waals surface area (Å²) in [7, 11) is -5.54. The lowest BCUT2D eigenvalue weighted by atomic mass is 9.99. The van der Waals surface area contributed by atoms with E-state index < -0.39 is 42.1 Å². The second kappa shape index (κ2) is 19.2. The number of nitrogens with zero attached hydrogens (tertiary/aromatic N) is 6. The number of fused-ring (bicyclic) bond motifs is 6. The fraction of sp³-hybridized carbons (Fsp3) is 0.143. The van der Waals surface area contributed by atoms with Crippen LogP contribution in [-0.2, 0) is 24.2 Å². The molecule has 380 valence electrons. The molecule has 77 heavy (non-hydrogen) atoms. The van der Waals surface area contributed by atoms with Gasteiger partial charge in [0.2, 0.25) is 0 Å². The SMILES string of the molecule is Cc1cccc2cc3nc(OP(=O)(Oc4nc5cc6cccc(C)c6c(C)c5n(Cc5ccccc5)c4=O)Oc4nc5cc6cccc(C)c6c(C)c5n(Cc5ccccc5)c4=O)c(=O)n(Cc4ccccc4)c3c(C)c12. The van der Waals surface area contributed by atoms with E-state index in [1.807, 2.05) is 205 Å². The van der Waals surface area contributed by atoms with Crippen molar-refractivity contribution in [2.45, 2.75) is 61.2 Å². The van der Waals surface area contributed by atoms with E-state index in [0.717, 1.165) is 82.4 Å². The molecule has 0 unspecified atom stereocenters. The molecule has 0 atom stereocenters. The highest BCUT2D eigenvalue weighted by atomic mass is 31.2. The van der Waals surface area contributed by atoms with Gasteiger partial charge in [0, 0.05) is 0 Å². The lowest BCUT2D eigenvalue weighted by Crippen LogP contribution is -2.29. The summed E-state index contributed by atoms with van der Waals surface area (Å²) < 4.78 is 40.0. The summed E-state index contributed by atoms with van der Waals surface area (Å²) in [4.78, 5) is 60.3. The molecule has 0 aliphatic carbocycles. The Morgan fingerprint density at radius 1 is 0.377 bits per heavy atom. The van der Waals surface area contributed by atoms with Crippen molar-refractivity contribution in [2.24, 2.45) is 0 Å². The average molecular weight is 1040 g/mol. The third kappa shape index (κ3) is 8.68. The Morgan fingerprint density at radius 2 is 0.649 bits per heavy atom. The monoisotopic (exact) mass is 1030 g/mol. The fourth-order valence-electron chi connectivity index (χ4n) is 11.3. The lowest BCUT2D eigenvalue weighted by Gasteiger charge is -2.22. The van der Waals surface area contributed by atoms with Gasteiger partial charge >= 0.3 is 24.5 Å². The molecule has 9 aromatic carbocycles. The number of hydrogen-bond donors (Lipinski definition) is 0. The Labute approximate surface area is 441 Å². The number of rotatable bonds is 12. The van der Waals surface area contributed by atoms with Crippen LogP contribution in [0, 0.1) is 41.5 Å². The van der Waals surface area contributed by atoms with Crippen LogP contribution < -0.4 is 30.2 Å². The molecular weight excluding hydrogens is 984 g/mol. The predicted octanol–water partition coefficient (Wildman–Crippen LogP) is 12.9. The summed E-state index contributed by atoms with van der Waals surface area (Å²) >= 11 is 0. The van der Waals surface area contributed by atoms with Gasteiger partial charge in [-0.15, -0.1) is 0 Å². The highest BCUT2D eigenvalue weighted by molar-refractivity contribution is 7.49. The molecule has 3 aromatic heterocycles. The van der Waals surface area contributed by atoms with Crippen molar-refractivity contribution < 1.29 is 18.1 Å². The quantitative estimate of drug-likeness (QED) is 0.0855. The van der Waals surface area contributed by atoms with E-state index in [1.54, 1.807) is 0 Å². The van der Waals surface area contributed by atoms with Crippen molar-refractivity contribution in [3.8, 4) is 17.6 Å². The maximum atomic E-state index is 16.3. The molecule has 0 bridgehead atoms. The first-order valence-electron chi connectivity index (χ1n) is 25.3. The largest absolute Gasteiger partial charge is 0.651 e. The molecule has 13 nitrogen and oxygen atoms in total. The van der Waals surface area contributed by atoms with Gasteiger partial charge in [-0.25, -0.2) is 15.0 Å². The Morgan fingerprint density at radius 3 is 0.922 bits per heavy atom. The maximum Gasteiger partial charge on any atom is 0.651 e. The summed E-state index contributed by atoms with van der Waals surface area (Å²) in [5.74, 6) is -2.02. The summed E-state index contributed by atoms with van der Waals surface area (Å²) in [6.07, 6.45) is 0. The minimum Gasteiger partial charge on any atom is -0.361 e. The van der Waals surface area contributed by atoms with Gasteiger partial charge in [0.05, 0.1) is 52.7 Å². The van der Waals surface area contributed by atoms with E-state index in [1.165, 1.54) is 13.7 Å². The predicted molar refractivity (Wildman–Crippen MR) is 305 cm³/mol. The van der Waals surface area contributed by atoms with Crippen molar-refractivity contribution in [3.63, 3.8) is 0 Å². The second-order valence-electron chi connectivity index (χ2n) is 19.7. The number of aromatic nitrogens is 6. The third-order valence-corrected chi connectivity index (χ3v) is 15.8. The molecule has 0 saturated heterocycles. The van der Waals surface area contributed by atoms with E-state index in [9.17, 15) is 0 Å². The van der Waals surface area contributed by atoms with E-state index in [0.29, 0.717) is 33.1 Å². The van der Waals surface area contributed by atoms with Crippen molar-refractivity contribution in [2.75, 3.05) is 0 Å². The Kier molecular flexibility index (Phi) is 12.1. The molecular formula is C63H51N6O7P. The van der Waals surface area contributed by atoms with Gasteiger partial charge in [-0.05, 0) is 142 Å². The van der Waals surface area contributed by atoms with Crippen LogP contribution in [0.15, 0.2) is 178 Å². The van der Waals surface area contributed by atoms with Crippen LogP contribution in [-0.4, -0.2) is 28.7 Å². The lowest BCUT2D eigenvalue weighted by molar-refractivity contribution is 0.281. The van der Waals surface area contributed by atoms with Gasteiger partial charge in [-0.2, -0.15) is 4.57 Å². The second-order valence-corrected chi connectivity index (χ2v) is 21.2. The number of aryl methyl sites for hydroxylation is 6. The van der Waals surface area contributed by atoms with Gasteiger partial charge in [0.15, 0.2) is 0 Å². The van der Waals surface area contributed by atoms with E-state index in [4.69, 9.17) is 28.5 Å². The summed E-state index contributed by atoms with van der Waals surface area (Å²) in [6, 6.07) is 51.5. The van der Waals surface area contributed by atoms with Crippen molar-refractivity contribution in [1.82, 2.24) is 28.7 Å². The molecule has 0 spiro atoms. The first-order chi connectivity index (χ1) is 37.2. The molecule has 3 heterocycles. The van der Waals surface area contributed by atoms with Crippen LogP contribution in [0.4, 0.5) is 0 Å². The Hall–Kier alpha value is -9.19. The summed E-state index contributed by atoms with van der Waals surface area (Å²) in [6.45, 7) is 12.1. The van der Waals surface area contributed by atoms with Crippen molar-refractivity contribution in [3.05, 3.63) is 245 Å². The number of hydrogen-bond acceptors (Lipinski definition) is 10. The minimum absolute atomic E-state index is 0.0751. The number of phosphoric acid groups is 1. The van der Waals surface area contributed by atoms with Crippen LogP contribution in [0.1, 0.15) is 50.1 Å². The van der Waals surface area contributed by atoms with E-state index >= 15 is 18.9 Å². The van der Waals surface area contributed by atoms with Crippen LogP contribution in [0.25, 0.3) is 65.4 Å². The highest BCUT2D eigenvalue weighted by Gasteiger charge is 2.40. The van der Waals surface area contributed by atoms with Crippen LogP contribution in [0.5, 0.6) is 17.6 Å². The molecule has 0 N–H and O–H groups in total. The van der Waals surface area contributed by atoms with Crippen LogP contribution in [0.2, 0.25) is 0 Å². The molecule has 0 aliphatic heterocycles. The zero-order valence-electron chi connectivity index (χ0n) is 43.2. The zero-order valence-corrected chi connectivity index (χ0v) is 44.1. The molecule has 12 rings (SSSR count). The van der Waals surface area contributed by atoms with Gasteiger partial charge in [-0.1, -0.05) is 146 Å². The van der Waals surface area contributed by atoms with Gasteiger partial charge in [0.1, 0.15) is 0 Å².